The second kappa shape index (κ2) is 9.92. The minimum absolute atomic E-state index is 0.0159. The zero-order chi connectivity index (χ0) is 23.0. The van der Waals surface area contributed by atoms with Gasteiger partial charge in [0.2, 0.25) is 0 Å². The molecule has 1 heterocycles. The Kier molecular flexibility index (Phi) is 6.41. The van der Waals surface area contributed by atoms with Crippen molar-refractivity contribution in [1.29, 1.82) is 0 Å². The van der Waals surface area contributed by atoms with Gasteiger partial charge >= 0.3 is 0 Å². The fourth-order valence-electron chi connectivity index (χ4n) is 2.69. The van der Waals surface area contributed by atoms with Crippen molar-refractivity contribution in [3.63, 3.8) is 0 Å². The van der Waals surface area contributed by atoms with Gasteiger partial charge in [-0.1, -0.05) is 36.4 Å². The van der Waals surface area contributed by atoms with Crippen LogP contribution in [-0.2, 0) is 0 Å². The van der Waals surface area contributed by atoms with Gasteiger partial charge in [0.1, 0.15) is 17.2 Å². The highest BCUT2D eigenvalue weighted by Crippen LogP contribution is 2.20. The highest BCUT2D eigenvalue weighted by Gasteiger charge is 2.06. The molecule has 0 fully saturated rings. The van der Waals surface area contributed by atoms with Crippen LogP contribution in [0.2, 0.25) is 0 Å². The molecule has 9 nitrogen and oxygen atoms in total. The maximum Gasteiger partial charge on any atom is 0.256 e. The molecule has 0 aliphatic carbocycles. The molecule has 0 saturated carbocycles. The second-order valence-electron chi connectivity index (χ2n) is 6.69. The molecule has 0 amide bonds. The van der Waals surface area contributed by atoms with Crippen molar-refractivity contribution in [1.82, 2.24) is 15.0 Å². The quantitative estimate of drug-likeness (QED) is 0.385. The number of para-hydroxylation sites is 3. The molecule has 0 radical (unpaired) electrons. The van der Waals surface area contributed by atoms with Crippen LogP contribution in [-0.4, -0.2) is 48.9 Å². The molecule has 1 aromatic heterocycles. The first-order valence-electron chi connectivity index (χ1n) is 9.81. The van der Waals surface area contributed by atoms with Crippen molar-refractivity contribution in [2.24, 2.45) is 15.0 Å². The highest BCUT2D eigenvalue weighted by molar-refractivity contribution is 5.86. The standard InChI is InChI=1S/C24H18N6O3/c31-19-10-4-1-7-16(19)13-25-22-28-23(26-14-17-8-2-5-11-20(17)32)30-24(29-22)27-15-18-9-3-6-12-21(18)33/h1-15,31-33H/b25-13+,26-14+,27-15+. The highest BCUT2D eigenvalue weighted by atomic mass is 16.3. The molecule has 0 unspecified atom stereocenters. The van der Waals surface area contributed by atoms with E-state index in [9.17, 15) is 15.3 Å². The van der Waals surface area contributed by atoms with E-state index in [2.05, 4.69) is 29.9 Å². The first-order valence-corrected chi connectivity index (χ1v) is 9.81. The fourth-order valence-corrected chi connectivity index (χ4v) is 2.69. The lowest BCUT2D eigenvalue weighted by molar-refractivity contribution is 0.474. The van der Waals surface area contributed by atoms with Gasteiger partial charge in [0.25, 0.3) is 17.8 Å². The van der Waals surface area contributed by atoms with E-state index in [4.69, 9.17) is 0 Å². The van der Waals surface area contributed by atoms with Crippen molar-refractivity contribution in [3.05, 3.63) is 89.5 Å². The summed E-state index contributed by atoms with van der Waals surface area (Å²) < 4.78 is 0. The van der Waals surface area contributed by atoms with E-state index in [0.717, 1.165) is 0 Å². The molecule has 4 rings (SSSR count). The summed E-state index contributed by atoms with van der Waals surface area (Å²) in [6, 6.07) is 20.1. The van der Waals surface area contributed by atoms with Crippen LogP contribution in [0.3, 0.4) is 0 Å². The lowest BCUT2D eigenvalue weighted by Crippen LogP contribution is -1.91. The summed E-state index contributed by atoms with van der Waals surface area (Å²) in [7, 11) is 0. The predicted octanol–water partition coefficient (Wildman–Crippen LogP) is 4.24. The third-order valence-electron chi connectivity index (χ3n) is 4.37. The van der Waals surface area contributed by atoms with E-state index in [0.29, 0.717) is 16.7 Å². The Hall–Kier alpha value is -4.92. The summed E-state index contributed by atoms with van der Waals surface area (Å²) in [5.74, 6) is 0.231. The minimum Gasteiger partial charge on any atom is -0.507 e. The van der Waals surface area contributed by atoms with Gasteiger partial charge in [-0.2, -0.15) is 15.0 Å². The Bertz CT molecular complexity index is 1190. The van der Waals surface area contributed by atoms with Gasteiger partial charge in [0, 0.05) is 35.3 Å². The summed E-state index contributed by atoms with van der Waals surface area (Å²) in [5.41, 5.74) is 1.45. The van der Waals surface area contributed by atoms with Gasteiger partial charge in [-0.15, -0.1) is 0 Å². The van der Waals surface area contributed by atoms with Gasteiger partial charge in [-0.3, -0.25) is 0 Å². The summed E-state index contributed by atoms with van der Waals surface area (Å²) in [5, 5.41) is 29.8. The zero-order valence-electron chi connectivity index (χ0n) is 17.2. The van der Waals surface area contributed by atoms with Crippen molar-refractivity contribution in [2.45, 2.75) is 0 Å². The molecular formula is C24H18N6O3. The molecular weight excluding hydrogens is 420 g/mol. The number of hydrogen-bond donors (Lipinski definition) is 3. The topological polar surface area (TPSA) is 136 Å². The molecule has 0 bridgehead atoms. The van der Waals surface area contributed by atoms with Crippen LogP contribution in [0.4, 0.5) is 17.8 Å². The fraction of sp³-hybridized carbons (Fsp3) is 0. The van der Waals surface area contributed by atoms with E-state index in [1.54, 1.807) is 72.8 Å². The maximum atomic E-state index is 9.93. The Labute approximate surface area is 188 Å². The van der Waals surface area contributed by atoms with Gasteiger partial charge < -0.3 is 15.3 Å². The molecule has 0 saturated heterocycles. The lowest BCUT2D eigenvalue weighted by Gasteiger charge is -2.00. The van der Waals surface area contributed by atoms with Crippen LogP contribution in [0.15, 0.2) is 87.8 Å². The molecule has 3 N–H and O–H groups in total. The molecule has 33 heavy (non-hydrogen) atoms. The van der Waals surface area contributed by atoms with Crippen LogP contribution in [0.25, 0.3) is 0 Å². The predicted molar refractivity (Wildman–Crippen MR) is 126 cm³/mol. The van der Waals surface area contributed by atoms with E-state index < -0.39 is 0 Å². The molecule has 9 heteroatoms. The zero-order valence-corrected chi connectivity index (χ0v) is 17.2. The average molecular weight is 438 g/mol. The van der Waals surface area contributed by atoms with Crippen molar-refractivity contribution >= 4 is 36.5 Å². The molecule has 0 aliphatic rings. The van der Waals surface area contributed by atoms with Gasteiger partial charge in [-0.25, -0.2) is 15.0 Å². The Morgan fingerprint density at radius 3 is 1.00 bits per heavy atom. The van der Waals surface area contributed by atoms with Crippen LogP contribution < -0.4 is 0 Å². The number of aromatic hydroxyl groups is 3. The third-order valence-corrected chi connectivity index (χ3v) is 4.37. The number of nitrogens with zero attached hydrogens (tertiary/aromatic N) is 6. The SMILES string of the molecule is Oc1ccccc1/C=N/c1nc(/N=C/c2ccccc2O)nc(/N=C/c2ccccc2O)n1. The normalized spacial score (nSPS) is 11.6. The number of aromatic nitrogens is 3. The summed E-state index contributed by atoms with van der Waals surface area (Å²) in [6.07, 6.45) is 4.24. The summed E-state index contributed by atoms with van der Waals surface area (Å²) in [6.45, 7) is 0. The van der Waals surface area contributed by atoms with Crippen LogP contribution in [0, 0.1) is 0 Å². The molecule has 0 aliphatic heterocycles. The summed E-state index contributed by atoms with van der Waals surface area (Å²) >= 11 is 0. The molecule has 0 atom stereocenters. The third kappa shape index (κ3) is 5.61. The Balaban J connectivity index is 1.70. The first kappa shape index (κ1) is 21.3. The number of aliphatic imine (C=N–C) groups is 3. The van der Waals surface area contributed by atoms with Gasteiger partial charge in [0.15, 0.2) is 0 Å². The van der Waals surface area contributed by atoms with E-state index in [-0.39, 0.29) is 35.1 Å². The smallest absolute Gasteiger partial charge is 0.256 e. The van der Waals surface area contributed by atoms with E-state index >= 15 is 0 Å². The van der Waals surface area contributed by atoms with Crippen LogP contribution in [0.1, 0.15) is 16.7 Å². The van der Waals surface area contributed by atoms with E-state index in [1.165, 1.54) is 18.6 Å². The molecule has 4 aromatic rings. The maximum absolute atomic E-state index is 9.93. The molecule has 3 aromatic carbocycles. The van der Waals surface area contributed by atoms with Crippen molar-refractivity contribution in [2.75, 3.05) is 0 Å². The minimum atomic E-state index is 0.0159. The van der Waals surface area contributed by atoms with Crippen LogP contribution in [0.5, 0.6) is 17.2 Å². The number of phenolic OH excluding ortho intramolecular Hbond substituents is 3. The first-order chi connectivity index (χ1) is 16.1. The molecule has 0 spiro atoms. The largest absolute Gasteiger partial charge is 0.507 e. The van der Waals surface area contributed by atoms with Crippen LogP contribution >= 0.6 is 0 Å². The van der Waals surface area contributed by atoms with Gasteiger partial charge in [0.05, 0.1) is 0 Å². The number of rotatable bonds is 6. The number of benzene rings is 3. The summed E-state index contributed by atoms with van der Waals surface area (Å²) in [4.78, 5) is 25.2. The van der Waals surface area contributed by atoms with E-state index in [1.807, 2.05) is 0 Å². The second-order valence-corrected chi connectivity index (χ2v) is 6.69. The Morgan fingerprint density at radius 2 is 0.727 bits per heavy atom. The number of hydrogen-bond acceptors (Lipinski definition) is 9. The monoisotopic (exact) mass is 438 g/mol. The Morgan fingerprint density at radius 1 is 0.455 bits per heavy atom. The lowest BCUT2D eigenvalue weighted by atomic mass is 10.2. The molecule has 162 valence electrons. The van der Waals surface area contributed by atoms with Gasteiger partial charge in [-0.05, 0) is 36.4 Å². The number of phenols is 3. The van der Waals surface area contributed by atoms with Crippen molar-refractivity contribution < 1.29 is 15.3 Å². The van der Waals surface area contributed by atoms with Crippen molar-refractivity contribution in [3.8, 4) is 17.2 Å². The average Bonchev–Trinajstić information content (AvgIpc) is 2.82.